The molecular formula is C13H10N2O2. The van der Waals surface area contributed by atoms with Crippen LogP contribution in [-0.4, -0.2) is 21.8 Å². The van der Waals surface area contributed by atoms with Gasteiger partial charge < -0.3 is 10.0 Å². The Morgan fingerprint density at radius 3 is 2.94 bits per heavy atom. The van der Waals surface area contributed by atoms with E-state index in [2.05, 4.69) is 4.99 Å². The number of fused-ring (bicyclic) bond motifs is 2. The molecule has 2 aliphatic heterocycles. The molecule has 1 aromatic carbocycles. The first-order valence-electron chi connectivity index (χ1n) is 5.30. The van der Waals surface area contributed by atoms with Crippen LogP contribution in [0.25, 0.3) is 0 Å². The minimum Gasteiger partial charge on any atom is -0.478 e. The maximum atomic E-state index is 10.9. The van der Waals surface area contributed by atoms with Crippen molar-refractivity contribution in [2.75, 3.05) is 0 Å². The zero-order chi connectivity index (χ0) is 11.8. The Hall–Kier alpha value is -2.36. The number of aliphatic carboxylic acids is 1. The molecule has 1 N–H and O–H groups in total. The van der Waals surface area contributed by atoms with E-state index in [1.165, 1.54) is 0 Å². The Balaban J connectivity index is 2.03. The van der Waals surface area contributed by atoms with Crippen LogP contribution in [0.4, 0.5) is 5.69 Å². The highest BCUT2D eigenvalue weighted by Crippen LogP contribution is 2.28. The molecule has 0 radical (unpaired) electrons. The lowest BCUT2D eigenvalue weighted by molar-refractivity contribution is -0.132. The number of carbonyl (C=O) groups is 1. The number of amidine groups is 1. The lowest BCUT2D eigenvalue weighted by Crippen LogP contribution is -2.29. The van der Waals surface area contributed by atoms with Gasteiger partial charge in [-0.1, -0.05) is 18.2 Å². The second-order valence-corrected chi connectivity index (χ2v) is 3.95. The first-order valence-corrected chi connectivity index (χ1v) is 5.30. The summed E-state index contributed by atoms with van der Waals surface area (Å²) in [6.45, 7) is 0.663. The summed E-state index contributed by atoms with van der Waals surface area (Å²) in [6, 6.07) is 7.87. The van der Waals surface area contributed by atoms with Crippen molar-refractivity contribution in [2.24, 2.45) is 4.99 Å². The summed E-state index contributed by atoms with van der Waals surface area (Å²) in [7, 11) is 0. The smallest absolute Gasteiger partial charge is 0.337 e. The van der Waals surface area contributed by atoms with Crippen LogP contribution in [0.1, 0.15) is 5.56 Å². The second-order valence-electron chi connectivity index (χ2n) is 3.95. The summed E-state index contributed by atoms with van der Waals surface area (Å²) in [4.78, 5) is 17.2. The molecule has 84 valence electrons. The largest absolute Gasteiger partial charge is 0.478 e. The number of carboxylic acids is 1. The third kappa shape index (κ3) is 1.63. The van der Waals surface area contributed by atoms with Crippen LogP contribution in [0.15, 0.2) is 53.2 Å². The van der Waals surface area contributed by atoms with E-state index in [-0.39, 0.29) is 5.57 Å². The van der Waals surface area contributed by atoms with E-state index in [9.17, 15) is 4.79 Å². The van der Waals surface area contributed by atoms with E-state index in [1.54, 1.807) is 18.4 Å². The number of rotatable bonds is 1. The number of carboxylic acid groups (broad SMARTS) is 1. The zero-order valence-electron chi connectivity index (χ0n) is 9.00. The maximum absolute atomic E-state index is 10.9. The Kier molecular flexibility index (Phi) is 2.08. The highest BCUT2D eigenvalue weighted by atomic mass is 16.4. The number of hydrogen-bond donors (Lipinski definition) is 1. The number of nitrogens with zero attached hydrogens (tertiary/aromatic N) is 2. The van der Waals surface area contributed by atoms with Gasteiger partial charge in [-0.15, -0.1) is 0 Å². The highest BCUT2D eigenvalue weighted by molar-refractivity contribution is 6.02. The SMILES string of the molecule is O=C(O)C1=CN2Cc3ccccc3N=C2C=C1. The molecule has 0 bridgehead atoms. The monoisotopic (exact) mass is 226 g/mol. The van der Waals surface area contributed by atoms with E-state index < -0.39 is 5.97 Å². The van der Waals surface area contributed by atoms with Gasteiger partial charge in [0.25, 0.3) is 0 Å². The van der Waals surface area contributed by atoms with E-state index >= 15 is 0 Å². The van der Waals surface area contributed by atoms with Crippen molar-refractivity contribution < 1.29 is 9.90 Å². The van der Waals surface area contributed by atoms with Crippen molar-refractivity contribution in [3.05, 3.63) is 53.8 Å². The first-order chi connectivity index (χ1) is 8.24. The molecule has 1 aromatic rings. The minimum absolute atomic E-state index is 0.281. The summed E-state index contributed by atoms with van der Waals surface area (Å²) in [5.74, 6) is -0.132. The number of para-hydroxylation sites is 1. The molecule has 4 nitrogen and oxygen atoms in total. The maximum Gasteiger partial charge on any atom is 0.337 e. The summed E-state index contributed by atoms with van der Waals surface area (Å²) >= 11 is 0. The van der Waals surface area contributed by atoms with Crippen molar-refractivity contribution in [3.8, 4) is 0 Å². The standard InChI is InChI=1S/C13H10N2O2/c16-13(17)10-5-6-12-14-11-4-2-1-3-9(11)7-15(12)8-10/h1-6,8H,7H2,(H,16,17). The molecule has 0 fully saturated rings. The molecular weight excluding hydrogens is 216 g/mol. The van der Waals surface area contributed by atoms with Crippen molar-refractivity contribution >= 4 is 17.5 Å². The van der Waals surface area contributed by atoms with Crippen LogP contribution in [0.3, 0.4) is 0 Å². The van der Waals surface area contributed by atoms with Crippen LogP contribution >= 0.6 is 0 Å². The predicted octanol–water partition coefficient (Wildman–Crippen LogP) is 2.07. The molecule has 0 spiro atoms. The van der Waals surface area contributed by atoms with Gasteiger partial charge in [0.1, 0.15) is 5.84 Å². The highest BCUT2D eigenvalue weighted by Gasteiger charge is 2.20. The lowest BCUT2D eigenvalue weighted by Gasteiger charge is -2.28. The van der Waals surface area contributed by atoms with Crippen LogP contribution in [0, 0.1) is 0 Å². The van der Waals surface area contributed by atoms with Gasteiger partial charge in [0.2, 0.25) is 0 Å². The zero-order valence-corrected chi connectivity index (χ0v) is 9.00. The fourth-order valence-electron chi connectivity index (χ4n) is 1.95. The minimum atomic E-state index is -0.917. The molecule has 0 saturated carbocycles. The molecule has 0 aliphatic carbocycles. The Morgan fingerprint density at radius 2 is 2.12 bits per heavy atom. The van der Waals surface area contributed by atoms with E-state index in [4.69, 9.17) is 5.11 Å². The molecule has 0 amide bonds. The summed E-state index contributed by atoms with van der Waals surface area (Å²) in [6.07, 6.45) is 4.93. The molecule has 2 aliphatic rings. The molecule has 3 rings (SSSR count). The van der Waals surface area contributed by atoms with E-state index in [0.717, 1.165) is 17.1 Å². The fraction of sp³-hybridized carbons (Fsp3) is 0.0769. The quantitative estimate of drug-likeness (QED) is 0.797. The molecule has 2 heterocycles. The summed E-state index contributed by atoms with van der Waals surface area (Å²) < 4.78 is 0. The Morgan fingerprint density at radius 1 is 1.29 bits per heavy atom. The average Bonchev–Trinajstić information content (AvgIpc) is 2.35. The van der Waals surface area contributed by atoms with Gasteiger partial charge in [0, 0.05) is 6.20 Å². The van der Waals surface area contributed by atoms with Crippen molar-refractivity contribution in [1.29, 1.82) is 0 Å². The van der Waals surface area contributed by atoms with Crippen molar-refractivity contribution in [3.63, 3.8) is 0 Å². The third-order valence-corrected chi connectivity index (χ3v) is 2.82. The van der Waals surface area contributed by atoms with Gasteiger partial charge in [-0.2, -0.15) is 0 Å². The number of benzene rings is 1. The Bertz CT molecular complexity index is 585. The Labute approximate surface area is 98.2 Å². The van der Waals surface area contributed by atoms with Crippen molar-refractivity contribution in [1.82, 2.24) is 4.90 Å². The second kappa shape index (κ2) is 3.59. The first kappa shape index (κ1) is 9.84. The predicted molar refractivity (Wildman–Crippen MR) is 63.9 cm³/mol. The number of aliphatic imine (C=N–C) groups is 1. The fourth-order valence-corrected chi connectivity index (χ4v) is 1.95. The molecule has 0 aromatic heterocycles. The lowest BCUT2D eigenvalue weighted by atomic mass is 10.1. The van der Waals surface area contributed by atoms with Crippen molar-refractivity contribution in [2.45, 2.75) is 6.54 Å². The molecule has 0 atom stereocenters. The topological polar surface area (TPSA) is 52.9 Å². The van der Waals surface area contributed by atoms with E-state index in [1.807, 2.05) is 29.2 Å². The molecule has 17 heavy (non-hydrogen) atoms. The van der Waals surface area contributed by atoms with Gasteiger partial charge in [-0.3, -0.25) is 0 Å². The van der Waals surface area contributed by atoms with Crippen LogP contribution in [0.5, 0.6) is 0 Å². The summed E-state index contributed by atoms with van der Waals surface area (Å²) in [5.41, 5.74) is 2.34. The number of hydrogen-bond acceptors (Lipinski definition) is 3. The van der Waals surface area contributed by atoms with Gasteiger partial charge in [0.15, 0.2) is 0 Å². The van der Waals surface area contributed by atoms with Gasteiger partial charge in [-0.05, 0) is 23.8 Å². The van der Waals surface area contributed by atoms with E-state index in [0.29, 0.717) is 6.54 Å². The van der Waals surface area contributed by atoms with Gasteiger partial charge in [0.05, 0.1) is 17.8 Å². The molecule has 4 heteroatoms. The normalized spacial score (nSPS) is 16.8. The van der Waals surface area contributed by atoms with Gasteiger partial charge >= 0.3 is 5.97 Å². The molecule has 0 saturated heterocycles. The summed E-state index contributed by atoms with van der Waals surface area (Å²) in [5, 5.41) is 8.94. The average molecular weight is 226 g/mol. The van der Waals surface area contributed by atoms with Gasteiger partial charge in [-0.25, -0.2) is 9.79 Å². The van der Waals surface area contributed by atoms with Crippen LogP contribution in [-0.2, 0) is 11.3 Å². The third-order valence-electron chi connectivity index (χ3n) is 2.82. The van der Waals surface area contributed by atoms with Crippen LogP contribution < -0.4 is 0 Å². The van der Waals surface area contributed by atoms with Crippen LogP contribution in [0.2, 0.25) is 0 Å². The molecule has 0 unspecified atom stereocenters.